The van der Waals surface area contributed by atoms with Gasteiger partial charge in [-0.2, -0.15) is 4.98 Å². The van der Waals surface area contributed by atoms with Crippen LogP contribution in [0.2, 0.25) is 0 Å². The van der Waals surface area contributed by atoms with Gasteiger partial charge < -0.3 is 15.0 Å². The number of aromatic nitrogens is 2. The highest BCUT2D eigenvalue weighted by atomic mass is 32.2. The molecular formula is C37H37N5O5S. The van der Waals surface area contributed by atoms with Crippen molar-refractivity contribution in [3.05, 3.63) is 100 Å². The van der Waals surface area contributed by atoms with Crippen molar-refractivity contribution >= 4 is 27.8 Å². The monoisotopic (exact) mass is 663 g/mol. The predicted molar refractivity (Wildman–Crippen MR) is 180 cm³/mol. The number of carbonyl (C=O) groups is 2. The van der Waals surface area contributed by atoms with E-state index in [2.05, 4.69) is 38.2 Å². The van der Waals surface area contributed by atoms with Gasteiger partial charge in [-0.05, 0) is 92.0 Å². The van der Waals surface area contributed by atoms with Crippen LogP contribution in [-0.4, -0.2) is 53.9 Å². The minimum atomic E-state index is -4.13. The standard InChI is InChI=1S/C37H37N5O5S/c1-23-6-3-7-24(2)32(23)30-22-31-39-35(38-30)41-48(45,46)29-11-5-10-27(21-29)33(43)40-37(47-31)16-18-42(19-17-37)34(44)36(14-15-36)28-13-12-25-8-4-9-26(25)20-28/h3,5-7,10-13,20-22H,4,8-9,14-19H2,1-2H3,(H,40,43)(H,38,39,41). The van der Waals surface area contributed by atoms with Crippen molar-refractivity contribution in [2.45, 2.75) is 74.8 Å². The van der Waals surface area contributed by atoms with E-state index < -0.39 is 27.1 Å². The summed E-state index contributed by atoms with van der Waals surface area (Å²) in [5.41, 5.74) is 5.57. The molecular weight excluding hydrogens is 627 g/mol. The van der Waals surface area contributed by atoms with Crippen molar-refractivity contribution in [1.82, 2.24) is 20.2 Å². The van der Waals surface area contributed by atoms with Gasteiger partial charge in [0.1, 0.15) is 0 Å². The van der Waals surface area contributed by atoms with Crippen LogP contribution >= 0.6 is 0 Å². The first kappa shape index (κ1) is 30.6. The highest BCUT2D eigenvalue weighted by molar-refractivity contribution is 7.92. The van der Waals surface area contributed by atoms with Crippen LogP contribution in [0.25, 0.3) is 11.3 Å². The Morgan fingerprint density at radius 3 is 2.35 bits per heavy atom. The van der Waals surface area contributed by atoms with E-state index in [1.807, 2.05) is 36.9 Å². The number of piperidine rings is 1. The topological polar surface area (TPSA) is 131 Å². The summed E-state index contributed by atoms with van der Waals surface area (Å²) in [6.07, 6.45) is 5.62. The van der Waals surface area contributed by atoms with E-state index in [9.17, 15) is 18.0 Å². The van der Waals surface area contributed by atoms with E-state index in [4.69, 9.17) is 4.74 Å². The molecule has 2 fully saturated rings. The molecule has 0 radical (unpaired) electrons. The molecule has 11 heteroatoms. The lowest BCUT2D eigenvalue weighted by molar-refractivity contribution is -0.138. The fraction of sp³-hybridized carbons (Fsp3) is 0.351. The third kappa shape index (κ3) is 5.30. The second kappa shape index (κ2) is 11.2. The van der Waals surface area contributed by atoms with Crippen LogP contribution < -0.4 is 14.8 Å². The van der Waals surface area contributed by atoms with E-state index >= 15 is 0 Å². The van der Waals surface area contributed by atoms with Gasteiger partial charge in [-0.25, -0.2) is 18.1 Å². The number of likely N-dealkylation sites (tertiary alicyclic amines) is 1. The molecule has 4 bridgehead atoms. The number of amides is 2. The molecule has 4 aromatic rings. The molecule has 1 spiro atoms. The van der Waals surface area contributed by atoms with Gasteiger partial charge in [0.15, 0.2) is 5.72 Å². The van der Waals surface area contributed by atoms with Crippen LogP contribution in [-0.2, 0) is 33.1 Å². The van der Waals surface area contributed by atoms with Crippen molar-refractivity contribution in [1.29, 1.82) is 0 Å². The maximum absolute atomic E-state index is 14.1. The molecule has 0 unspecified atom stereocenters. The maximum Gasteiger partial charge on any atom is 0.264 e. The van der Waals surface area contributed by atoms with Gasteiger partial charge in [0, 0.05) is 43.1 Å². The van der Waals surface area contributed by atoms with Crippen molar-refractivity contribution < 1.29 is 22.7 Å². The number of hydrogen-bond donors (Lipinski definition) is 2. The second-order valence-electron chi connectivity index (χ2n) is 13.6. The number of sulfonamides is 1. The first-order valence-corrected chi connectivity index (χ1v) is 18.0. The summed E-state index contributed by atoms with van der Waals surface area (Å²) in [5, 5.41) is 3.08. The van der Waals surface area contributed by atoms with Crippen LogP contribution in [0.5, 0.6) is 5.88 Å². The number of rotatable bonds is 3. The number of fused-ring (bicyclic) bond motifs is 5. The summed E-state index contributed by atoms with van der Waals surface area (Å²) < 4.78 is 35.9. The summed E-state index contributed by atoms with van der Waals surface area (Å²) in [7, 11) is -4.13. The molecule has 2 aliphatic heterocycles. The minimum absolute atomic E-state index is 0.0879. The number of hydrogen-bond acceptors (Lipinski definition) is 7. The molecule has 3 heterocycles. The van der Waals surface area contributed by atoms with Gasteiger partial charge in [0.25, 0.3) is 15.9 Å². The third-order valence-corrected chi connectivity index (χ3v) is 11.7. The summed E-state index contributed by atoms with van der Waals surface area (Å²) in [6.45, 7) is 4.67. The Bertz CT molecular complexity index is 2080. The van der Waals surface area contributed by atoms with Crippen molar-refractivity contribution in [2.75, 3.05) is 17.8 Å². The van der Waals surface area contributed by atoms with E-state index in [0.717, 1.165) is 54.4 Å². The average Bonchev–Trinajstić information content (AvgIpc) is 3.74. The van der Waals surface area contributed by atoms with E-state index in [0.29, 0.717) is 31.6 Å². The number of ether oxygens (including phenoxy) is 1. The minimum Gasteiger partial charge on any atom is -0.451 e. The SMILES string of the molecule is Cc1cccc(C)c1-c1cc2nc(n1)NS(=O)(=O)c1cccc(c1)C(=O)NC1(CCN(C(=O)C3(c4ccc5c(c4)CCC5)CC3)CC1)O2. The Morgan fingerprint density at radius 1 is 0.875 bits per heavy atom. The zero-order valence-corrected chi connectivity index (χ0v) is 27.8. The fourth-order valence-electron chi connectivity index (χ4n) is 7.58. The lowest BCUT2D eigenvalue weighted by atomic mass is 9.90. The molecule has 246 valence electrons. The van der Waals surface area contributed by atoms with Crippen LogP contribution in [0.3, 0.4) is 0 Å². The Labute approximate surface area is 280 Å². The van der Waals surface area contributed by atoms with Crippen molar-refractivity contribution in [2.24, 2.45) is 0 Å². The molecule has 48 heavy (non-hydrogen) atoms. The normalized spacial score (nSPS) is 20.0. The van der Waals surface area contributed by atoms with Gasteiger partial charge in [-0.1, -0.05) is 42.5 Å². The van der Waals surface area contributed by atoms with Crippen LogP contribution in [0.15, 0.2) is 71.6 Å². The van der Waals surface area contributed by atoms with Gasteiger partial charge in [-0.3, -0.25) is 9.59 Å². The smallest absolute Gasteiger partial charge is 0.264 e. The second-order valence-corrected chi connectivity index (χ2v) is 15.3. The molecule has 2 aliphatic carbocycles. The van der Waals surface area contributed by atoms with Gasteiger partial charge in [-0.15, -0.1) is 0 Å². The number of benzene rings is 3. The fourth-order valence-corrected chi connectivity index (χ4v) is 8.57. The number of carbonyl (C=O) groups excluding carboxylic acids is 2. The zero-order valence-electron chi connectivity index (χ0n) is 27.0. The molecule has 4 aliphatic rings. The molecule has 8 rings (SSSR count). The third-order valence-electron chi connectivity index (χ3n) is 10.4. The first-order valence-electron chi connectivity index (χ1n) is 16.6. The average molecular weight is 664 g/mol. The Morgan fingerprint density at radius 2 is 1.60 bits per heavy atom. The molecule has 1 saturated heterocycles. The molecule has 1 saturated carbocycles. The van der Waals surface area contributed by atoms with Gasteiger partial charge in [0.05, 0.1) is 16.0 Å². The van der Waals surface area contributed by atoms with Crippen LogP contribution in [0.1, 0.15) is 70.3 Å². The molecule has 10 nitrogen and oxygen atoms in total. The zero-order chi connectivity index (χ0) is 33.3. The van der Waals surface area contributed by atoms with Gasteiger partial charge in [0.2, 0.25) is 17.7 Å². The molecule has 3 aromatic carbocycles. The number of nitrogens with zero attached hydrogens (tertiary/aromatic N) is 3. The molecule has 1 aromatic heterocycles. The van der Waals surface area contributed by atoms with Crippen molar-refractivity contribution in [3.8, 4) is 17.1 Å². The van der Waals surface area contributed by atoms with E-state index in [1.165, 1.54) is 29.3 Å². The van der Waals surface area contributed by atoms with Crippen LogP contribution in [0.4, 0.5) is 5.95 Å². The van der Waals surface area contributed by atoms with E-state index in [1.54, 1.807) is 12.1 Å². The molecule has 0 atom stereocenters. The van der Waals surface area contributed by atoms with E-state index in [-0.39, 0.29) is 28.2 Å². The highest BCUT2D eigenvalue weighted by Crippen LogP contribution is 2.51. The quantitative estimate of drug-likeness (QED) is 0.307. The summed E-state index contributed by atoms with van der Waals surface area (Å²) in [5.74, 6) is -0.385. The van der Waals surface area contributed by atoms with Gasteiger partial charge >= 0.3 is 0 Å². The first-order chi connectivity index (χ1) is 23.0. The summed E-state index contributed by atoms with van der Waals surface area (Å²) in [6, 6.07) is 20.0. The Kier molecular flexibility index (Phi) is 7.10. The maximum atomic E-state index is 14.1. The lowest BCUT2D eigenvalue weighted by Gasteiger charge is -2.42. The highest BCUT2D eigenvalue weighted by Gasteiger charge is 2.54. The largest absolute Gasteiger partial charge is 0.451 e. The molecule has 2 amide bonds. The Hall–Kier alpha value is -4.77. The molecule has 2 N–H and O–H groups in total. The predicted octanol–water partition coefficient (Wildman–Crippen LogP) is 5.22. The lowest BCUT2D eigenvalue weighted by Crippen LogP contribution is -2.60. The number of nitrogens with one attached hydrogen (secondary N) is 2. The Balaban J connectivity index is 1.14. The summed E-state index contributed by atoms with van der Waals surface area (Å²) >= 11 is 0. The number of anilines is 1. The van der Waals surface area contributed by atoms with Crippen LogP contribution in [0, 0.1) is 13.8 Å². The van der Waals surface area contributed by atoms with Crippen molar-refractivity contribution in [3.63, 3.8) is 0 Å². The summed E-state index contributed by atoms with van der Waals surface area (Å²) in [4.78, 5) is 38.7. The number of aryl methyl sites for hydroxylation is 4.